The van der Waals surface area contributed by atoms with Crippen LogP contribution in [0.3, 0.4) is 0 Å². The van der Waals surface area contributed by atoms with E-state index in [0.717, 1.165) is 74.3 Å². The molecule has 188 valence electrons. The lowest BCUT2D eigenvalue weighted by Crippen LogP contribution is -2.43. The van der Waals surface area contributed by atoms with Crippen LogP contribution in [0.5, 0.6) is 0 Å². The Hall–Kier alpha value is -1.92. The van der Waals surface area contributed by atoms with E-state index >= 15 is 0 Å². The number of rotatable bonds is 7. The molecule has 6 heteroatoms. The molecule has 2 fully saturated rings. The summed E-state index contributed by atoms with van der Waals surface area (Å²) < 4.78 is 1.95. The molecule has 6 nitrogen and oxygen atoms in total. The van der Waals surface area contributed by atoms with Gasteiger partial charge in [-0.1, -0.05) is 27.2 Å². The van der Waals surface area contributed by atoms with E-state index in [1.807, 2.05) is 4.57 Å². The summed E-state index contributed by atoms with van der Waals surface area (Å²) in [5, 5.41) is 0.758. The second-order valence-electron chi connectivity index (χ2n) is 11.1. The SMILES string of the molecule is CCCC(c1nc2ccc(N3CCC(N(C)C)CC3)cc2c(=O)n1CC)N1C[C@H](C)C[C@H](C)C1. The summed E-state index contributed by atoms with van der Waals surface area (Å²) in [5.41, 5.74) is 2.12. The smallest absolute Gasteiger partial charge is 0.261 e. The van der Waals surface area contributed by atoms with E-state index in [1.165, 1.54) is 6.42 Å². The number of likely N-dealkylation sites (tertiary alicyclic amines) is 1. The van der Waals surface area contributed by atoms with Gasteiger partial charge in [0, 0.05) is 44.5 Å². The number of anilines is 1. The molecule has 0 aliphatic carbocycles. The largest absolute Gasteiger partial charge is 0.371 e. The summed E-state index contributed by atoms with van der Waals surface area (Å²) in [6.07, 6.45) is 5.73. The topological polar surface area (TPSA) is 44.6 Å². The van der Waals surface area contributed by atoms with E-state index in [0.29, 0.717) is 24.4 Å². The van der Waals surface area contributed by atoms with Crippen LogP contribution in [0.25, 0.3) is 10.9 Å². The molecule has 2 saturated heterocycles. The summed E-state index contributed by atoms with van der Waals surface area (Å²) >= 11 is 0. The van der Waals surface area contributed by atoms with Crippen molar-refractivity contribution in [2.75, 3.05) is 45.2 Å². The molecule has 0 N–H and O–H groups in total. The van der Waals surface area contributed by atoms with Gasteiger partial charge in [0.2, 0.25) is 0 Å². The van der Waals surface area contributed by atoms with Crippen LogP contribution in [0.2, 0.25) is 0 Å². The Morgan fingerprint density at radius 2 is 1.76 bits per heavy atom. The number of hydrogen-bond acceptors (Lipinski definition) is 5. The molecule has 2 aliphatic heterocycles. The van der Waals surface area contributed by atoms with Gasteiger partial charge >= 0.3 is 0 Å². The normalized spacial score (nSPS) is 23.7. The highest BCUT2D eigenvalue weighted by Gasteiger charge is 2.31. The number of benzene rings is 1. The van der Waals surface area contributed by atoms with Gasteiger partial charge in [0.15, 0.2) is 0 Å². The maximum Gasteiger partial charge on any atom is 0.261 e. The lowest BCUT2D eigenvalue weighted by molar-refractivity contribution is 0.0836. The van der Waals surface area contributed by atoms with E-state index < -0.39 is 0 Å². The Morgan fingerprint density at radius 3 is 2.35 bits per heavy atom. The van der Waals surface area contributed by atoms with Crippen molar-refractivity contribution in [1.29, 1.82) is 0 Å². The van der Waals surface area contributed by atoms with E-state index in [-0.39, 0.29) is 11.6 Å². The first-order chi connectivity index (χ1) is 16.3. The predicted molar refractivity (Wildman–Crippen MR) is 143 cm³/mol. The predicted octanol–water partition coefficient (Wildman–Crippen LogP) is 4.77. The van der Waals surface area contributed by atoms with Gasteiger partial charge in [0.05, 0.1) is 16.9 Å². The Balaban J connectivity index is 1.69. The van der Waals surface area contributed by atoms with Crippen LogP contribution in [-0.2, 0) is 6.54 Å². The van der Waals surface area contributed by atoms with Gasteiger partial charge in [0.25, 0.3) is 5.56 Å². The summed E-state index contributed by atoms with van der Waals surface area (Å²) in [6.45, 7) is 13.9. The average molecular weight is 468 g/mol. The first-order valence-electron chi connectivity index (χ1n) is 13.5. The monoisotopic (exact) mass is 467 g/mol. The molecule has 0 saturated carbocycles. The van der Waals surface area contributed by atoms with Crippen molar-refractivity contribution in [3.05, 3.63) is 34.4 Å². The minimum absolute atomic E-state index is 0.117. The minimum Gasteiger partial charge on any atom is -0.371 e. The molecule has 0 radical (unpaired) electrons. The lowest BCUT2D eigenvalue weighted by Gasteiger charge is -2.40. The maximum atomic E-state index is 13.8. The maximum absolute atomic E-state index is 13.8. The fraction of sp³-hybridized carbons (Fsp3) is 0.714. The third-order valence-electron chi connectivity index (χ3n) is 8.04. The van der Waals surface area contributed by atoms with Crippen LogP contribution in [0, 0.1) is 11.8 Å². The Bertz CT molecular complexity index is 1010. The molecule has 0 spiro atoms. The molecular formula is C28H45N5O. The van der Waals surface area contributed by atoms with Crippen molar-refractivity contribution >= 4 is 16.6 Å². The van der Waals surface area contributed by atoms with E-state index in [4.69, 9.17) is 4.98 Å². The zero-order valence-electron chi connectivity index (χ0n) is 22.3. The van der Waals surface area contributed by atoms with Crippen LogP contribution in [0.15, 0.2) is 23.0 Å². The van der Waals surface area contributed by atoms with Gasteiger partial charge in [-0.15, -0.1) is 0 Å². The number of hydrogen-bond donors (Lipinski definition) is 0. The number of fused-ring (bicyclic) bond motifs is 1. The number of piperidine rings is 2. The van der Waals surface area contributed by atoms with Crippen LogP contribution < -0.4 is 10.5 Å². The quantitative estimate of drug-likeness (QED) is 0.587. The first-order valence-corrected chi connectivity index (χ1v) is 13.5. The molecule has 34 heavy (non-hydrogen) atoms. The standard InChI is InChI=1S/C28H45N5O/c1-7-9-26(32-18-20(3)16-21(4)19-32)27-29-25-11-10-23(17-24(25)28(34)33(27)8-2)31-14-12-22(13-15-31)30(5)6/h10-11,17,20-22,26H,7-9,12-16,18-19H2,1-6H3/t20-,21+,26?. The molecule has 2 aliphatic rings. The van der Waals surface area contributed by atoms with Crippen molar-refractivity contribution in [2.45, 2.75) is 78.4 Å². The summed E-state index contributed by atoms with van der Waals surface area (Å²) in [4.78, 5) is 26.3. The summed E-state index contributed by atoms with van der Waals surface area (Å²) in [6, 6.07) is 7.20. The van der Waals surface area contributed by atoms with Crippen LogP contribution in [0.4, 0.5) is 5.69 Å². The third kappa shape index (κ3) is 5.18. The van der Waals surface area contributed by atoms with Crippen LogP contribution >= 0.6 is 0 Å². The summed E-state index contributed by atoms with van der Waals surface area (Å²) in [7, 11) is 4.34. The zero-order valence-corrected chi connectivity index (χ0v) is 22.3. The number of aromatic nitrogens is 2. The highest BCUT2D eigenvalue weighted by atomic mass is 16.1. The minimum atomic E-state index is 0.117. The zero-order chi connectivity index (χ0) is 24.4. The fourth-order valence-corrected chi connectivity index (χ4v) is 6.34. The van der Waals surface area contributed by atoms with Crippen molar-refractivity contribution < 1.29 is 0 Å². The molecule has 0 bridgehead atoms. The third-order valence-corrected chi connectivity index (χ3v) is 8.04. The molecular weight excluding hydrogens is 422 g/mol. The van der Waals surface area contributed by atoms with Crippen LogP contribution in [-0.4, -0.2) is 65.7 Å². The van der Waals surface area contributed by atoms with E-state index in [2.05, 4.69) is 74.7 Å². The van der Waals surface area contributed by atoms with Gasteiger partial charge in [-0.3, -0.25) is 14.3 Å². The van der Waals surface area contributed by atoms with Crippen molar-refractivity contribution in [1.82, 2.24) is 19.4 Å². The fourth-order valence-electron chi connectivity index (χ4n) is 6.34. The first kappa shape index (κ1) is 25.2. The average Bonchev–Trinajstić information content (AvgIpc) is 2.81. The summed E-state index contributed by atoms with van der Waals surface area (Å²) in [5.74, 6) is 2.33. The molecule has 3 atom stereocenters. The van der Waals surface area contributed by atoms with Crippen molar-refractivity contribution in [3.8, 4) is 0 Å². The second kappa shape index (κ2) is 10.8. The van der Waals surface area contributed by atoms with Gasteiger partial charge in [-0.25, -0.2) is 4.98 Å². The Labute approximate surface area is 205 Å². The van der Waals surface area contributed by atoms with E-state index in [9.17, 15) is 4.79 Å². The Kier molecular flexibility index (Phi) is 7.98. The lowest BCUT2D eigenvalue weighted by atomic mass is 9.90. The highest BCUT2D eigenvalue weighted by Crippen LogP contribution is 2.32. The molecule has 0 amide bonds. The van der Waals surface area contributed by atoms with Gasteiger partial charge in [-0.2, -0.15) is 0 Å². The molecule has 4 rings (SSSR count). The molecule has 1 aromatic carbocycles. The number of nitrogens with zero attached hydrogens (tertiary/aromatic N) is 5. The molecule has 1 unspecified atom stereocenters. The molecule has 3 heterocycles. The molecule has 1 aromatic heterocycles. The molecule has 2 aromatic rings. The van der Waals surface area contributed by atoms with Gasteiger partial charge in [0.1, 0.15) is 5.82 Å². The second-order valence-corrected chi connectivity index (χ2v) is 11.1. The van der Waals surface area contributed by atoms with Crippen molar-refractivity contribution in [2.24, 2.45) is 11.8 Å². The van der Waals surface area contributed by atoms with Gasteiger partial charge in [-0.05, 0) is 76.7 Å². The van der Waals surface area contributed by atoms with Gasteiger partial charge < -0.3 is 9.80 Å². The van der Waals surface area contributed by atoms with E-state index in [1.54, 1.807) is 0 Å². The van der Waals surface area contributed by atoms with Crippen molar-refractivity contribution in [3.63, 3.8) is 0 Å². The van der Waals surface area contributed by atoms with Crippen LogP contribution in [0.1, 0.15) is 71.7 Å². The highest BCUT2D eigenvalue weighted by molar-refractivity contribution is 5.82. The Morgan fingerprint density at radius 1 is 1.09 bits per heavy atom.